The molecule has 0 aliphatic carbocycles. The molecule has 1 N–H and O–H groups in total. The zero-order valence-corrected chi connectivity index (χ0v) is 18.4. The lowest BCUT2D eigenvalue weighted by Crippen LogP contribution is -2.36. The smallest absolute Gasteiger partial charge is 0.273 e. The van der Waals surface area contributed by atoms with Crippen molar-refractivity contribution >= 4 is 5.91 Å². The molecular formula is C25H29N3O3. The summed E-state index contributed by atoms with van der Waals surface area (Å²) in [4.78, 5) is 15.2. The van der Waals surface area contributed by atoms with E-state index in [0.717, 1.165) is 24.4 Å². The van der Waals surface area contributed by atoms with Crippen LogP contribution in [-0.2, 0) is 0 Å². The van der Waals surface area contributed by atoms with Crippen molar-refractivity contribution in [1.29, 1.82) is 0 Å². The average molecular weight is 420 g/mol. The zero-order chi connectivity index (χ0) is 21.8. The van der Waals surface area contributed by atoms with Crippen LogP contribution in [0.15, 0.2) is 53.1 Å². The Kier molecular flexibility index (Phi) is 6.37. The van der Waals surface area contributed by atoms with E-state index >= 15 is 0 Å². The number of aryl methyl sites for hydroxylation is 2. The van der Waals surface area contributed by atoms with Gasteiger partial charge in [-0.25, -0.2) is 0 Å². The van der Waals surface area contributed by atoms with Crippen LogP contribution in [0.5, 0.6) is 5.75 Å². The van der Waals surface area contributed by atoms with Crippen LogP contribution in [0.1, 0.15) is 46.1 Å². The van der Waals surface area contributed by atoms with Crippen LogP contribution in [0.4, 0.5) is 0 Å². The van der Waals surface area contributed by atoms with Crippen molar-refractivity contribution in [1.82, 2.24) is 15.4 Å². The first-order valence-corrected chi connectivity index (χ1v) is 10.8. The van der Waals surface area contributed by atoms with Crippen LogP contribution >= 0.6 is 0 Å². The first-order chi connectivity index (χ1) is 15.0. The van der Waals surface area contributed by atoms with Gasteiger partial charge in [0, 0.05) is 18.2 Å². The van der Waals surface area contributed by atoms with Gasteiger partial charge in [-0.15, -0.1) is 0 Å². The fourth-order valence-corrected chi connectivity index (χ4v) is 4.03. The summed E-state index contributed by atoms with van der Waals surface area (Å²) in [6.45, 7) is 6.70. The van der Waals surface area contributed by atoms with Crippen molar-refractivity contribution in [2.45, 2.75) is 32.7 Å². The van der Waals surface area contributed by atoms with Crippen LogP contribution in [-0.4, -0.2) is 42.7 Å². The molecule has 0 unspecified atom stereocenters. The van der Waals surface area contributed by atoms with Crippen molar-refractivity contribution in [3.8, 4) is 17.1 Å². The Balaban J connectivity index is 1.46. The molecule has 2 aromatic carbocycles. The minimum atomic E-state index is -0.225. The number of carbonyl (C=O) groups is 1. The quantitative estimate of drug-likeness (QED) is 0.609. The summed E-state index contributed by atoms with van der Waals surface area (Å²) >= 11 is 0. The summed E-state index contributed by atoms with van der Waals surface area (Å²) in [6, 6.07) is 16.0. The Morgan fingerprint density at radius 1 is 1.10 bits per heavy atom. The van der Waals surface area contributed by atoms with Gasteiger partial charge in [0.25, 0.3) is 5.91 Å². The molecule has 6 heteroatoms. The third-order valence-corrected chi connectivity index (χ3v) is 6.07. The van der Waals surface area contributed by atoms with Gasteiger partial charge in [0.2, 0.25) is 0 Å². The van der Waals surface area contributed by atoms with Crippen molar-refractivity contribution < 1.29 is 14.1 Å². The molecule has 1 aromatic heterocycles. The van der Waals surface area contributed by atoms with E-state index in [1.54, 1.807) is 13.2 Å². The molecule has 1 aliphatic rings. The first kappa shape index (κ1) is 21.1. The highest BCUT2D eigenvalue weighted by Crippen LogP contribution is 2.27. The number of nitrogens with zero attached hydrogens (tertiary/aromatic N) is 2. The number of benzene rings is 2. The number of hydrogen-bond acceptors (Lipinski definition) is 5. The summed E-state index contributed by atoms with van der Waals surface area (Å²) in [7, 11) is 1.66. The number of nitrogens with one attached hydrogen (secondary N) is 1. The lowest BCUT2D eigenvalue weighted by atomic mass is 10.0. The van der Waals surface area contributed by atoms with E-state index in [9.17, 15) is 4.79 Å². The Hall–Kier alpha value is -3.12. The fourth-order valence-electron chi connectivity index (χ4n) is 4.03. The van der Waals surface area contributed by atoms with E-state index in [4.69, 9.17) is 9.26 Å². The number of likely N-dealkylation sites (tertiary alicyclic amines) is 1. The summed E-state index contributed by atoms with van der Waals surface area (Å²) < 4.78 is 10.7. The van der Waals surface area contributed by atoms with Crippen molar-refractivity contribution in [2.75, 3.05) is 26.7 Å². The van der Waals surface area contributed by atoms with Gasteiger partial charge in [-0.3, -0.25) is 9.69 Å². The number of carbonyl (C=O) groups excluding carboxylic acids is 1. The highest BCUT2D eigenvalue weighted by atomic mass is 16.5. The molecule has 0 spiro atoms. The number of hydrogen-bond donors (Lipinski definition) is 1. The average Bonchev–Trinajstić information content (AvgIpc) is 3.49. The molecule has 0 bridgehead atoms. The third kappa shape index (κ3) is 4.80. The largest absolute Gasteiger partial charge is 0.497 e. The molecular weight excluding hydrogens is 390 g/mol. The minimum Gasteiger partial charge on any atom is -0.497 e. The zero-order valence-electron chi connectivity index (χ0n) is 18.4. The minimum absolute atomic E-state index is 0.114. The monoisotopic (exact) mass is 419 g/mol. The Morgan fingerprint density at radius 2 is 1.84 bits per heavy atom. The molecule has 0 saturated carbocycles. The topological polar surface area (TPSA) is 67.6 Å². The maximum atomic E-state index is 12.8. The van der Waals surface area contributed by atoms with E-state index in [-0.39, 0.29) is 11.9 Å². The van der Waals surface area contributed by atoms with Gasteiger partial charge in [0.05, 0.1) is 13.2 Å². The van der Waals surface area contributed by atoms with Crippen LogP contribution in [0.2, 0.25) is 0 Å². The number of rotatable bonds is 7. The molecule has 1 fully saturated rings. The van der Waals surface area contributed by atoms with Gasteiger partial charge >= 0.3 is 0 Å². The van der Waals surface area contributed by atoms with E-state index in [0.29, 0.717) is 18.0 Å². The second-order valence-corrected chi connectivity index (χ2v) is 8.12. The van der Waals surface area contributed by atoms with Crippen molar-refractivity contribution in [3.63, 3.8) is 0 Å². The molecule has 2 heterocycles. The standard InChI is InChI=1S/C25H29N3O3/c1-17-6-7-20(14-18(17)2)24-15-22(27-31-24)25(29)26-16-23(28-12-4-5-13-28)19-8-10-21(30-3)11-9-19/h6-11,14-15,23H,4-5,12-13,16H2,1-3H3,(H,26,29)/t23-/m0/s1. The summed E-state index contributed by atoms with van der Waals surface area (Å²) in [6.07, 6.45) is 2.37. The molecule has 31 heavy (non-hydrogen) atoms. The molecule has 162 valence electrons. The van der Waals surface area contributed by atoms with Crippen LogP contribution in [0.3, 0.4) is 0 Å². The number of aromatic nitrogens is 1. The third-order valence-electron chi connectivity index (χ3n) is 6.07. The van der Waals surface area contributed by atoms with E-state index in [1.807, 2.05) is 30.3 Å². The molecule has 1 atom stereocenters. The lowest BCUT2D eigenvalue weighted by molar-refractivity contribution is 0.0929. The molecule has 1 aliphatic heterocycles. The maximum absolute atomic E-state index is 12.8. The van der Waals surface area contributed by atoms with E-state index < -0.39 is 0 Å². The van der Waals surface area contributed by atoms with Crippen molar-refractivity contribution in [3.05, 3.63) is 70.9 Å². The molecule has 1 saturated heterocycles. The lowest BCUT2D eigenvalue weighted by Gasteiger charge is -2.28. The highest BCUT2D eigenvalue weighted by molar-refractivity contribution is 5.93. The number of methoxy groups -OCH3 is 1. The Morgan fingerprint density at radius 3 is 2.52 bits per heavy atom. The summed E-state index contributed by atoms with van der Waals surface area (Å²) in [5.74, 6) is 1.20. The van der Waals surface area contributed by atoms with Crippen LogP contribution in [0.25, 0.3) is 11.3 Å². The highest BCUT2D eigenvalue weighted by Gasteiger charge is 2.25. The molecule has 1 amide bonds. The summed E-state index contributed by atoms with van der Waals surface area (Å²) in [5.41, 5.74) is 4.77. The predicted molar refractivity (Wildman–Crippen MR) is 120 cm³/mol. The molecule has 6 nitrogen and oxygen atoms in total. The van der Waals surface area contributed by atoms with E-state index in [1.165, 1.54) is 29.5 Å². The van der Waals surface area contributed by atoms with Crippen LogP contribution in [0, 0.1) is 13.8 Å². The SMILES string of the molecule is COc1ccc([C@H](CNC(=O)c2cc(-c3ccc(C)c(C)c3)on2)N2CCCC2)cc1. The Labute approximate surface area is 183 Å². The van der Waals surface area contributed by atoms with E-state index in [2.05, 4.69) is 41.4 Å². The van der Waals surface area contributed by atoms with Crippen LogP contribution < -0.4 is 10.1 Å². The second kappa shape index (κ2) is 9.35. The molecule has 0 radical (unpaired) electrons. The fraction of sp³-hybridized carbons (Fsp3) is 0.360. The van der Waals surface area contributed by atoms with Gasteiger partial charge in [-0.1, -0.05) is 29.4 Å². The predicted octanol–water partition coefficient (Wildman–Crippen LogP) is 4.53. The van der Waals surface area contributed by atoms with Gasteiger partial charge in [0.15, 0.2) is 11.5 Å². The Bertz CT molecular complexity index is 1040. The van der Waals surface area contributed by atoms with Gasteiger partial charge < -0.3 is 14.6 Å². The number of amides is 1. The second-order valence-electron chi connectivity index (χ2n) is 8.12. The van der Waals surface area contributed by atoms with Gasteiger partial charge in [-0.05, 0) is 74.7 Å². The molecule has 4 rings (SSSR count). The van der Waals surface area contributed by atoms with Gasteiger partial charge in [0.1, 0.15) is 5.75 Å². The number of ether oxygens (including phenoxy) is 1. The normalized spacial score (nSPS) is 15.1. The first-order valence-electron chi connectivity index (χ1n) is 10.8. The summed E-state index contributed by atoms with van der Waals surface area (Å²) in [5, 5.41) is 7.05. The van der Waals surface area contributed by atoms with Gasteiger partial charge in [-0.2, -0.15) is 0 Å². The molecule has 3 aromatic rings. The van der Waals surface area contributed by atoms with Crippen molar-refractivity contribution in [2.24, 2.45) is 0 Å². The maximum Gasteiger partial charge on any atom is 0.273 e.